The van der Waals surface area contributed by atoms with Crippen molar-refractivity contribution < 1.29 is 14.4 Å². The molecule has 1 aliphatic heterocycles. The molecule has 1 aromatic heterocycles. The fraction of sp³-hybridized carbons (Fsp3) is 0.217. The first-order valence-electron chi connectivity index (χ1n) is 10.2. The second-order valence-corrected chi connectivity index (χ2v) is 8.22. The molecule has 9 heteroatoms. The van der Waals surface area contributed by atoms with Crippen LogP contribution in [0.5, 0.6) is 0 Å². The molecule has 0 atom stereocenters. The van der Waals surface area contributed by atoms with E-state index in [0.717, 1.165) is 5.69 Å². The summed E-state index contributed by atoms with van der Waals surface area (Å²) in [5, 5.41) is 7.41. The van der Waals surface area contributed by atoms with Crippen molar-refractivity contribution in [2.45, 2.75) is 6.92 Å². The molecule has 3 aromatic rings. The third-order valence-corrected chi connectivity index (χ3v) is 5.94. The summed E-state index contributed by atoms with van der Waals surface area (Å²) in [5.41, 5.74) is 2.72. The quantitative estimate of drug-likeness (QED) is 0.575. The molecule has 0 saturated carbocycles. The number of para-hydroxylation sites is 1. The minimum Gasteiger partial charge on any atom is -0.368 e. The van der Waals surface area contributed by atoms with Crippen LogP contribution in [0.25, 0.3) is 0 Å². The SMILES string of the molecule is CC(=O)c1ccc(N2CCN(C(=O)c3csc(NC(=O)Nc4ccccc4)n3)CC2)cc1. The Morgan fingerprint density at radius 1 is 0.906 bits per heavy atom. The third-order valence-electron chi connectivity index (χ3n) is 5.18. The summed E-state index contributed by atoms with van der Waals surface area (Å²) in [6.45, 7) is 4.08. The number of anilines is 3. The fourth-order valence-electron chi connectivity index (χ4n) is 3.45. The lowest BCUT2D eigenvalue weighted by Crippen LogP contribution is -2.48. The van der Waals surface area contributed by atoms with E-state index in [2.05, 4.69) is 20.5 Å². The number of hydrogen-bond donors (Lipinski definition) is 2. The van der Waals surface area contributed by atoms with Crippen LogP contribution in [0, 0.1) is 0 Å². The maximum Gasteiger partial charge on any atom is 0.325 e. The summed E-state index contributed by atoms with van der Waals surface area (Å²) in [6.07, 6.45) is 0. The molecule has 0 aliphatic carbocycles. The van der Waals surface area contributed by atoms with Crippen molar-refractivity contribution in [3.8, 4) is 0 Å². The van der Waals surface area contributed by atoms with Crippen molar-refractivity contribution in [1.29, 1.82) is 0 Å². The van der Waals surface area contributed by atoms with E-state index in [1.807, 2.05) is 42.5 Å². The van der Waals surface area contributed by atoms with Crippen molar-refractivity contribution in [2.75, 3.05) is 41.7 Å². The first kappa shape index (κ1) is 21.5. The summed E-state index contributed by atoms with van der Waals surface area (Å²) in [5.74, 6) is -0.106. The smallest absolute Gasteiger partial charge is 0.325 e. The third kappa shape index (κ3) is 5.12. The zero-order valence-electron chi connectivity index (χ0n) is 17.6. The highest BCUT2D eigenvalue weighted by Crippen LogP contribution is 2.21. The van der Waals surface area contributed by atoms with Gasteiger partial charge >= 0.3 is 6.03 Å². The van der Waals surface area contributed by atoms with Crippen LogP contribution >= 0.6 is 11.3 Å². The van der Waals surface area contributed by atoms with E-state index >= 15 is 0 Å². The predicted molar refractivity (Wildman–Crippen MR) is 126 cm³/mol. The number of benzene rings is 2. The van der Waals surface area contributed by atoms with Crippen LogP contribution in [-0.4, -0.2) is 53.8 Å². The number of urea groups is 1. The Kier molecular flexibility index (Phi) is 6.46. The van der Waals surface area contributed by atoms with Crippen LogP contribution in [-0.2, 0) is 0 Å². The van der Waals surface area contributed by atoms with Gasteiger partial charge in [-0.15, -0.1) is 11.3 Å². The molecule has 164 valence electrons. The van der Waals surface area contributed by atoms with Crippen molar-refractivity contribution in [2.24, 2.45) is 0 Å². The van der Waals surface area contributed by atoms with Crippen molar-refractivity contribution in [1.82, 2.24) is 9.88 Å². The second-order valence-electron chi connectivity index (χ2n) is 7.37. The largest absolute Gasteiger partial charge is 0.368 e. The fourth-order valence-corrected chi connectivity index (χ4v) is 4.13. The van der Waals surface area contributed by atoms with Gasteiger partial charge in [-0.3, -0.25) is 14.9 Å². The molecule has 2 aromatic carbocycles. The maximum atomic E-state index is 12.8. The number of nitrogens with zero attached hydrogens (tertiary/aromatic N) is 3. The van der Waals surface area contributed by atoms with Crippen LogP contribution in [0.4, 0.5) is 21.3 Å². The zero-order chi connectivity index (χ0) is 22.5. The average Bonchev–Trinajstić information content (AvgIpc) is 3.27. The summed E-state index contributed by atoms with van der Waals surface area (Å²) >= 11 is 1.21. The van der Waals surface area contributed by atoms with Gasteiger partial charge < -0.3 is 15.1 Å². The Hall–Kier alpha value is -3.72. The van der Waals surface area contributed by atoms with E-state index in [1.54, 1.807) is 29.3 Å². The van der Waals surface area contributed by atoms with Crippen LogP contribution in [0.15, 0.2) is 60.0 Å². The number of Topliss-reactive ketones (excluding diaryl/α,β-unsaturated/α-hetero) is 1. The number of hydrogen-bond acceptors (Lipinski definition) is 6. The first-order chi connectivity index (χ1) is 15.5. The Morgan fingerprint density at radius 3 is 2.25 bits per heavy atom. The average molecular weight is 450 g/mol. The van der Waals surface area contributed by atoms with Crippen LogP contribution in [0.3, 0.4) is 0 Å². The number of nitrogens with one attached hydrogen (secondary N) is 2. The molecule has 2 N–H and O–H groups in total. The van der Waals surface area contributed by atoms with E-state index in [9.17, 15) is 14.4 Å². The minimum atomic E-state index is -0.408. The second kappa shape index (κ2) is 9.61. The lowest BCUT2D eigenvalue weighted by atomic mass is 10.1. The van der Waals surface area contributed by atoms with Gasteiger partial charge in [-0.05, 0) is 43.3 Å². The van der Waals surface area contributed by atoms with Gasteiger partial charge in [-0.2, -0.15) is 0 Å². The highest BCUT2D eigenvalue weighted by Gasteiger charge is 2.24. The van der Waals surface area contributed by atoms with E-state index in [1.165, 1.54) is 11.3 Å². The molecule has 0 unspecified atom stereocenters. The maximum absolute atomic E-state index is 12.8. The Bertz CT molecular complexity index is 1110. The molecule has 0 bridgehead atoms. The molecule has 3 amide bonds. The first-order valence-corrected chi connectivity index (χ1v) is 11.1. The number of carbonyl (C=O) groups excluding carboxylic acids is 3. The van der Waals surface area contributed by atoms with E-state index in [0.29, 0.717) is 48.3 Å². The normalized spacial score (nSPS) is 13.5. The Morgan fingerprint density at radius 2 is 1.59 bits per heavy atom. The summed E-state index contributed by atoms with van der Waals surface area (Å²) < 4.78 is 0. The van der Waals surface area contributed by atoms with Gasteiger partial charge in [0, 0.05) is 48.5 Å². The number of aromatic nitrogens is 1. The van der Waals surface area contributed by atoms with Crippen molar-refractivity contribution in [3.63, 3.8) is 0 Å². The standard InChI is InChI=1S/C23H23N5O3S/c1-16(29)17-7-9-19(10-8-17)27-11-13-28(14-12-27)21(30)20-15-32-23(25-20)26-22(31)24-18-5-3-2-4-6-18/h2-10,15H,11-14H2,1H3,(H2,24,25,26,31). The summed E-state index contributed by atoms with van der Waals surface area (Å²) in [4.78, 5) is 44.6. The van der Waals surface area contributed by atoms with Gasteiger partial charge in [-0.25, -0.2) is 9.78 Å². The molecule has 1 fully saturated rings. The number of carbonyl (C=O) groups is 3. The molecule has 32 heavy (non-hydrogen) atoms. The molecular weight excluding hydrogens is 426 g/mol. The van der Waals surface area contributed by atoms with Gasteiger partial charge in [0.05, 0.1) is 0 Å². The lowest BCUT2D eigenvalue weighted by molar-refractivity contribution is 0.0741. The minimum absolute atomic E-state index is 0.0432. The Labute approximate surface area is 189 Å². The van der Waals surface area contributed by atoms with E-state index in [4.69, 9.17) is 0 Å². The number of amides is 3. The Balaban J connectivity index is 1.30. The number of thiazole rings is 1. The lowest BCUT2D eigenvalue weighted by Gasteiger charge is -2.35. The highest BCUT2D eigenvalue weighted by molar-refractivity contribution is 7.14. The number of rotatable bonds is 5. The molecule has 2 heterocycles. The van der Waals surface area contributed by atoms with E-state index < -0.39 is 6.03 Å². The van der Waals surface area contributed by atoms with Gasteiger partial charge in [0.15, 0.2) is 10.9 Å². The molecule has 0 radical (unpaired) electrons. The van der Waals surface area contributed by atoms with Gasteiger partial charge in [0.25, 0.3) is 5.91 Å². The van der Waals surface area contributed by atoms with Crippen LogP contribution in [0.2, 0.25) is 0 Å². The predicted octanol–water partition coefficient (Wildman–Crippen LogP) is 3.95. The molecule has 0 spiro atoms. The van der Waals surface area contributed by atoms with Crippen molar-refractivity contribution >= 4 is 45.6 Å². The van der Waals surface area contributed by atoms with Crippen molar-refractivity contribution in [3.05, 3.63) is 71.2 Å². The summed E-state index contributed by atoms with van der Waals surface area (Å²) in [7, 11) is 0. The topological polar surface area (TPSA) is 94.6 Å². The van der Waals surface area contributed by atoms with E-state index in [-0.39, 0.29) is 11.7 Å². The molecule has 8 nitrogen and oxygen atoms in total. The number of ketones is 1. The molecular formula is C23H23N5O3S. The van der Waals surface area contributed by atoms with Gasteiger partial charge in [0.2, 0.25) is 0 Å². The monoisotopic (exact) mass is 449 g/mol. The highest BCUT2D eigenvalue weighted by atomic mass is 32.1. The van der Waals surface area contributed by atoms with Crippen LogP contribution in [0.1, 0.15) is 27.8 Å². The van der Waals surface area contributed by atoms with Gasteiger partial charge in [0.1, 0.15) is 5.69 Å². The molecule has 1 saturated heterocycles. The van der Waals surface area contributed by atoms with Crippen LogP contribution < -0.4 is 15.5 Å². The van der Waals surface area contributed by atoms with Gasteiger partial charge in [-0.1, -0.05) is 18.2 Å². The number of piperazine rings is 1. The molecule has 4 rings (SSSR count). The zero-order valence-corrected chi connectivity index (χ0v) is 18.4. The summed E-state index contributed by atoms with van der Waals surface area (Å²) in [6, 6.07) is 16.2. The molecule has 1 aliphatic rings.